The van der Waals surface area contributed by atoms with E-state index in [1.807, 2.05) is 36.4 Å². The average molecular weight is 348 g/mol. The van der Waals surface area contributed by atoms with Crippen LogP contribution in [0, 0.1) is 0 Å². The summed E-state index contributed by atoms with van der Waals surface area (Å²) in [5.41, 5.74) is 3.19. The van der Waals surface area contributed by atoms with Crippen LogP contribution in [0.15, 0.2) is 64.3 Å². The Morgan fingerprint density at radius 3 is 2.64 bits per heavy atom. The molecule has 1 aliphatic rings. The minimum Gasteiger partial charge on any atom is -0.339 e. The zero-order chi connectivity index (χ0) is 16.6. The highest BCUT2D eigenvalue weighted by Gasteiger charge is 2.29. The number of thioether (sulfide) groups is 1. The van der Waals surface area contributed by atoms with Crippen LogP contribution in [0.3, 0.4) is 0 Å². The maximum atomic E-state index is 5.35. The molecule has 0 unspecified atom stereocenters. The van der Waals surface area contributed by atoms with Crippen molar-refractivity contribution >= 4 is 22.8 Å². The Morgan fingerprint density at radius 2 is 1.80 bits per heavy atom. The molecule has 4 aromatic rings. The smallest absolute Gasteiger partial charge is 0.229 e. The molecule has 25 heavy (non-hydrogen) atoms. The van der Waals surface area contributed by atoms with Crippen molar-refractivity contribution < 1.29 is 4.52 Å². The van der Waals surface area contributed by atoms with Gasteiger partial charge in [0.2, 0.25) is 5.89 Å². The van der Waals surface area contributed by atoms with Gasteiger partial charge in [0.1, 0.15) is 0 Å². The molecule has 0 atom stereocenters. The third-order valence-electron chi connectivity index (χ3n) is 4.29. The molecule has 0 radical (unpaired) electrons. The fourth-order valence-corrected chi connectivity index (χ4v) is 3.75. The van der Waals surface area contributed by atoms with Crippen LogP contribution in [-0.4, -0.2) is 19.7 Å². The molecule has 6 heteroatoms. The van der Waals surface area contributed by atoms with Crippen molar-refractivity contribution in [3.05, 3.63) is 66.3 Å². The van der Waals surface area contributed by atoms with Gasteiger partial charge in [0.25, 0.3) is 0 Å². The van der Waals surface area contributed by atoms with Gasteiger partial charge in [0, 0.05) is 11.6 Å². The topological polar surface area (TPSA) is 56.7 Å². The molecule has 0 amide bonds. The molecule has 0 bridgehead atoms. The summed E-state index contributed by atoms with van der Waals surface area (Å²) >= 11 is 1.63. The van der Waals surface area contributed by atoms with Crippen molar-refractivity contribution in [3.8, 4) is 5.69 Å². The molecule has 2 aromatic heterocycles. The average Bonchev–Trinajstić information content (AvgIpc) is 3.28. The first-order chi connectivity index (χ1) is 12.4. The number of hydrogen-bond acceptors (Lipinski definition) is 5. The van der Waals surface area contributed by atoms with E-state index in [0.717, 1.165) is 33.6 Å². The Labute approximate surface area is 149 Å². The molecular formula is C19H16N4OS. The lowest BCUT2D eigenvalue weighted by atomic mass is 10.3. The quantitative estimate of drug-likeness (QED) is 0.494. The van der Waals surface area contributed by atoms with Crippen LogP contribution >= 0.6 is 11.8 Å². The predicted molar refractivity (Wildman–Crippen MR) is 96.9 cm³/mol. The fourth-order valence-electron chi connectivity index (χ4n) is 2.88. The summed E-state index contributed by atoms with van der Waals surface area (Å²) < 4.78 is 7.53. The van der Waals surface area contributed by atoms with E-state index >= 15 is 0 Å². The van der Waals surface area contributed by atoms with Crippen molar-refractivity contribution in [1.82, 2.24) is 19.7 Å². The lowest BCUT2D eigenvalue weighted by molar-refractivity contribution is 0.375. The number of fused-ring (bicyclic) bond motifs is 1. The minimum absolute atomic E-state index is 0.486. The number of aromatic nitrogens is 4. The van der Waals surface area contributed by atoms with Crippen molar-refractivity contribution in [2.45, 2.75) is 29.7 Å². The third-order valence-corrected chi connectivity index (χ3v) is 5.22. The van der Waals surface area contributed by atoms with E-state index in [9.17, 15) is 0 Å². The van der Waals surface area contributed by atoms with Crippen LogP contribution < -0.4 is 0 Å². The van der Waals surface area contributed by atoms with E-state index in [1.54, 1.807) is 11.8 Å². The summed E-state index contributed by atoms with van der Waals surface area (Å²) in [5, 5.41) is 5.04. The summed E-state index contributed by atoms with van der Waals surface area (Å²) in [5.74, 6) is 2.65. The van der Waals surface area contributed by atoms with Gasteiger partial charge in [0.05, 0.1) is 16.8 Å². The molecule has 1 fully saturated rings. The van der Waals surface area contributed by atoms with Gasteiger partial charge in [-0.15, -0.1) is 0 Å². The van der Waals surface area contributed by atoms with E-state index in [4.69, 9.17) is 9.51 Å². The number of rotatable bonds is 5. The Bertz CT molecular complexity index is 1020. The molecule has 0 spiro atoms. The molecule has 5 nitrogen and oxygen atoms in total. The normalized spacial score (nSPS) is 14.2. The number of hydrogen-bond donors (Lipinski definition) is 0. The van der Waals surface area contributed by atoms with Gasteiger partial charge < -0.3 is 4.52 Å². The Morgan fingerprint density at radius 1 is 1.00 bits per heavy atom. The molecular weight excluding hydrogens is 332 g/mol. The van der Waals surface area contributed by atoms with Crippen LogP contribution in [0.4, 0.5) is 0 Å². The van der Waals surface area contributed by atoms with Crippen molar-refractivity contribution in [1.29, 1.82) is 0 Å². The van der Waals surface area contributed by atoms with E-state index in [1.165, 1.54) is 12.8 Å². The maximum Gasteiger partial charge on any atom is 0.229 e. The predicted octanol–water partition coefficient (Wildman–Crippen LogP) is 4.58. The summed E-state index contributed by atoms with van der Waals surface area (Å²) in [6.07, 6.45) is 2.33. The second-order valence-corrected chi connectivity index (χ2v) is 7.11. The van der Waals surface area contributed by atoms with Crippen LogP contribution in [0.25, 0.3) is 16.7 Å². The van der Waals surface area contributed by atoms with Gasteiger partial charge in [-0.1, -0.05) is 47.3 Å². The molecule has 0 aliphatic heterocycles. The van der Waals surface area contributed by atoms with Gasteiger partial charge in [-0.05, 0) is 37.1 Å². The van der Waals surface area contributed by atoms with Crippen LogP contribution in [-0.2, 0) is 5.75 Å². The zero-order valence-corrected chi connectivity index (χ0v) is 14.3. The third kappa shape index (κ3) is 2.82. The number of nitrogens with zero attached hydrogens (tertiary/aromatic N) is 4. The van der Waals surface area contributed by atoms with Gasteiger partial charge in [-0.2, -0.15) is 4.98 Å². The van der Waals surface area contributed by atoms with Crippen LogP contribution in [0.2, 0.25) is 0 Å². The van der Waals surface area contributed by atoms with E-state index in [2.05, 4.69) is 32.9 Å². The molecule has 1 aliphatic carbocycles. The van der Waals surface area contributed by atoms with E-state index in [0.29, 0.717) is 11.7 Å². The standard InChI is InChI=1S/C19H16N4OS/c1-2-6-14(7-3-1)23-16-9-5-4-8-15(16)20-19(23)25-12-17-21-18(24-22-17)13-10-11-13/h1-9,13H,10-12H2. The molecule has 2 aromatic carbocycles. The number of imidazole rings is 1. The lowest BCUT2D eigenvalue weighted by Crippen LogP contribution is -1.96. The summed E-state index contributed by atoms with van der Waals surface area (Å²) in [6, 6.07) is 18.5. The van der Waals surface area contributed by atoms with E-state index < -0.39 is 0 Å². The summed E-state index contributed by atoms with van der Waals surface area (Å²) in [7, 11) is 0. The Balaban J connectivity index is 1.49. The Hall–Kier alpha value is -2.60. The highest BCUT2D eigenvalue weighted by atomic mass is 32.2. The first-order valence-electron chi connectivity index (χ1n) is 8.37. The monoisotopic (exact) mass is 348 g/mol. The molecule has 0 saturated heterocycles. The highest BCUT2D eigenvalue weighted by molar-refractivity contribution is 7.98. The van der Waals surface area contributed by atoms with Gasteiger partial charge in [0.15, 0.2) is 11.0 Å². The fraction of sp³-hybridized carbons (Fsp3) is 0.211. The molecule has 1 saturated carbocycles. The second-order valence-electron chi connectivity index (χ2n) is 6.17. The number of benzene rings is 2. The van der Waals surface area contributed by atoms with Crippen molar-refractivity contribution in [2.24, 2.45) is 0 Å². The van der Waals surface area contributed by atoms with E-state index in [-0.39, 0.29) is 0 Å². The van der Waals surface area contributed by atoms with Gasteiger partial charge >= 0.3 is 0 Å². The lowest BCUT2D eigenvalue weighted by Gasteiger charge is -2.08. The molecule has 124 valence electrons. The Kier molecular flexibility index (Phi) is 3.56. The van der Waals surface area contributed by atoms with Crippen molar-refractivity contribution in [2.75, 3.05) is 0 Å². The van der Waals surface area contributed by atoms with Crippen LogP contribution in [0.5, 0.6) is 0 Å². The summed E-state index contributed by atoms with van der Waals surface area (Å²) in [6.45, 7) is 0. The molecule has 0 N–H and O–H groups in total. The molecule has 2 heterocycles. The molecule has 5 rings (SSSR count). The minimum atomic E-state index is 0.486. The van der Waals surface area contributed by atoms with Crippen LogP contribution in [0.1, 0.15) is 30.5 Å². The maximum absolute atomic E-state index is 5.35. The largest absolute Gasteiger partial charge is 0.339 e. The van der Waals surface area contributed by atoms with Crippen molar-refractivity contribution in [3.63, 3.8) is 0 Å². The summed E-state index contributed by atoms with van der Waals surface area (Å²) in [4.78, 5) is 9.31. The van der Waals surface area contributed by atoms with Gasteiger partial charge in [-0.25, -0.2) is 4.98 Å². The SMILES string of the molecule is c1ccc(-n2c(SCc3noc(C4CC4)n3)nc3ccccc32)cc1. The zero-order valence-electron chi connectivity index (χ0n) is 13.5. The second kappa shape index (κ2) is 6.04. The van der Waals surface area contributed by atoms with Gasteiger partial charge in [-0.3, -0.25) is 4.57 Å². The highest BCUT2D eigenvalue weighted by Crippen LogP contribution is 2.39. The first kappa shape index (κ1) is 14.7. The first-order valence-corrected chi connectivity index (χ1v) is 9.35. The number of para-hydroxylation sites is 3.